The Hall–Kier alpha value is -0.0800. The van der Waals surface area contributed by atoms with Crippen LogP contribution in [0.4, 0.5) is 0 Å². The average molecular weight is 411 g/mol. The van der Waals surface area contributed by atoms with Crippen LogP contribution in [0.5, 0.6) is 0 Å². The van der Waals surface area contributed by atoms with Crippen LogP contribution >= 0.6 is 0 Å². The van der Waals surface area contributed by atoms with Gasteiger partial charge in [-0.1, -0.05) is 94.4 Å². The second-order valence-electron chi connectivity index (χ2n) is 10.4. The highest BCUT2D eigenvalue weighted by molar-refractivity contribution is 4.92. The van der Waals surface area contributed by atoms with Crippen molar-refractivity contribution in [2.24, 2.45) is 46.7 Å². The van der Waals surface area contributed by atoms with E-state index in [-0.39, 0.29) is 0 Å². The second-order valence-corrected chi connectivity index (χ2v) is 10.4. The minimum absolute atomic E-state index is 0.475. The fourth-order valence-electron chi connectivity index (χ4n) is 5.88. The Morgan fingerprint density at radius 2 is 1.55 bits per heavy atom. The summed E-state index contributed by atoms with van der Waals surface area (Å²) in [5, 5.41) is 3.51. The van der Waals surface area contributed by atoms with Crippen LogP contribution in [0.25, 0.3) is 0 Å². The predicted molar refractivity (Wildman–Crippen MR) is 133 cm³/mol. The molecular formula is C27H58N2. The van der Waals surface area contributed by atoms with Crippen LogP contribution < -0.4 is 11.1 Å². The van der Waals surface area contributed by atoms with E-state index in [1.165, 1.54) is 51.4 Å². The van der Waals surface area contributed by atoms with Crippen molar-refractivity contribution in [2.45, 2.75) is 114 Å². The van der Waals surface area contributed by atoms with Gasteiger partial charge in [-0.2, -0.15) is 0 Å². The molecule has 0 heterocycles. The molecule has 29 heavy (non-hydrogen) atoms. The van der Waals surface area contributed by atoms with E-state index in [2.05, 4.69) is 53.8 Å². The molecule has 0 spiro atoms. The van der Waals surface area contributed by atoms with Gasteiger partial charge < -0.3 is 11.1 Å². The minimum atomic E-state index is 0.475. The highest BCUT2D eigenvalue weighted by Crippen LogP contribution is 2.51. The largest absolute Gasteiger partial charge is 0.329 e. The van der Waals surface area contributed by atoms with E-state index in [0.717, 1.165) is 55.1 Å². The summed E-state index contributed by atoms with van der Waals surface area (Å²) in [5.74, 6) is 5.06. The number of nitrogens with one attached hydrogen (secondary N) is 1. The first-order chi connectivity index (χ1) is 13.8. The van der Waals surface area contributed by atoms with Gasteiger partial charge in [-0.25, -0.2) is 0 Å². The number of hydrogen-bond acceptors (Lipinski definition) is 2. The molecule has 0 aromatic heterocycles. The Balaban J connectivity index is 0.00000379. The third kappa shape index (κ3) is 9.30. The van der Waals surface area contributed by atoms with Crippen molar-refractivity contribution in [1.29, 1.82) is 0 Å². The second kappa shape index (κ2) is 15.7. The van der Waals surface area contributed by atoms with Gasteiger partial charge >= 0.3 is 0 Å². The average Bonchev–Trinajstić information content (AvgIpc) is 2.72. The van der Waals surface area contributed by atoms with Gasteiger partial charge in [0.25, 0.3) is 0 Å². The topological polar surface area (TPSA) is 38.0 Å². The smallest absolute Gasteiger partial charge is 0.00745 e. The Bertz CT molecular complexity index is 383. The van der Waals surface area contributed by atoms with Gasteiger partial charge in [0.1, 0.15) is 0 Å². The lowest BCUT2D eigenvalue weighted by Gasteiger charge is -2.49. The van der Waals surface area contributed by atoms with Gasteiger partial charge in [0.15, 0.2) is 0 Å². The van der Waals surface area contributed by atoms with Crippen LogP contribution in [0.15, 0.2) is 0 Å². The first-order valence-corrected chi connectivity index (χ1v) is 13.2. The molecule has 0 bridgehead atoms. The summed E-state index contributed by atoms with van der Waals surface area (Å²) in [6, 6.07) is 0. The summed E-state index contributed by atoms with van der Waals surface area (Å²) in [5.41, 5.74) is 6.10. The summed E-state index contributed by atoms with van der Waals surface area (Å²) in [4.78, 5) is 0. The van der Waals surface area contributed by atoms with Gasteiger partial charge in [-0.3, -0.25) is 0 Å². The SMILES string of the molecule is CC.CCCC1C(C)CCC(C)C(C)CCCC1(C)C(C)C(C)CCNCCN. The summed E-state index contributed by atoms with van der Waals surface area (Å²) >= 11 is 0. The maximum Gasteiger partial charge on any atom is 0.00745 e. The zero-order valence-electron chi connectivity index (χ0n) is 21.8. The van der Waals surface area contributed by atoms with Gasteiger partial charge in [-0.05, 0) is 66.7 Å². The molecule has 0 radical (unpaired) electrons. The van der Waals surface area contributed by atoms with Crippen LogP contribution in [-0.2, 0) is 0 Å². The highest BCUT2D eigenvalue weighted by atomic mass is 14.9. The monoisotopic (exact) mass is 410 g/mol. The van der Waals surface area contributed by atoms with Crippen molar-refractivity contribution in [3.63, 3.8) is 0 Å². The molecule has 0 amide bonds. The molecule has 2 nitrogen and oxygen atoms in total. The molecule has 2 heteroatoms. The van der Waals surface area contributed by atoms with Crippen molar-refractivity contribution in [3.05, 3.63) is 0 Å². The highest BCUT2D eigenvalue weighted by Gasteiger charge is 2.42. The summed E-state index contributed by atoms with van der Waals surface area (Å²) in [6.07, 6.45) is 11.1. The maximum atomic E-state index is 5.63. The molecule has 7 atom stereocenters. The molecular weight excluding hydrogens is 352 g/mol. The van der Waals surface area contributed by atoms with Gasteiger partial charge in [0.2, 0.25) is 0 Å². The van der Waals surface area contributed by atoms with Crippen LogP contribution in [0.2, 0.25) is 0 Å². The van der Waals surface area contributed by atoms with Crippen molar-refractivity contribution in [1.82, 2.24) is 5.32 Å². The van der Waals surface area contributed by atoms with E-state index in [1.54, 1.807) is 0 Å². The van der Waals surface area contributed by atoms with E-state index in [0.29, 0.717) is 5.41 Å². The molecule has 0 aromatic carbocycles. The van der Waals surface area contributed by atoms with Crippen molar-refractivity contribution in [2.75, 3.05) is 19.6 Å². The van der Waals surface area contributed by atoms with Crippen LogP contribution in [-0.4, -0.2) is 19.6 Å². The fourth-order valence-corrected chi connectivity index (χ4v) is 5.88. The third-order valence-electron chi connectivity index (χ3n) is 8.55. The third-order valence-corrected chi connectivity index (χ3v) is 8.55. The van der Waals surface area contributed by atoms with Gasteiger partial charge in [0.05, 0.1) is 0 Å². The van der Waals surface area contributed by atoms with Gasteiger partial charge in [0, 0.05) is 13.1 Å². The molecule has 0 saturated heterocycles. The van der Waals surface area contributed by atoms with Crippen molar-refractivity contribution >= 4 is 0 Å². The lowest BCUT2D eigenvalue weighted by molar-refractivity contribution is 0.00552. The Morgan fingerprint density at radius 3 is 2.14 bits per heavy atom. The van der Waals surface area contributed by atoms with Crippen molar-refractivity contribution < 1.29 is 0 Å². The maximum absolute atomic E-state index is 5.63. The molecule has 1 aliphatic carbocycles. The first-order valence-electron chi connectivity index (χ1n) is 13.2. The van der Waals surface area contributed by atoms with Crippen LogP contribution in [0.3, 0.4) is 0 Å². The molecule has 1 fully saturated rings. The zero-order chi connectivity index (χ0) is 22.4. The first kappa shape index (κ1) is 28.9. The zero-order valence-corrected chi connectivity index (χ0v) is 21.8. The van der Waals surface area contributed by atoms with E-state index < -0.39 is 0 Å². The lowest BCUT2D eigenvalue weighted by atomic mass is 9.56. The molecule has 0 aliphatic heterocycles. The quantitative estimate of drug-likeness (QED) is 0.386. The van der Waals surface area contributed by atoms with Gasteiger partial charge in [-0.15, -0.1) is 0 Å². The van der Waals surface area contributed by atoms with E-state index in [4.69, 9.17) is 5.73 Å². The molecule has 1 aliphatic rings. The number of hydrogen-bond donors (Lipinski definition) is 2. The normalized spacial score (nSPS) is 33.3. The van der Waals surface area contributed by atoms with Crippen LogP contribution in [0, 0.1) is 40.9 Å². The fraction of sp³-hybridized carbons (Fsp3) is 1.00. The lowest BCUT2D eigenvalue weighted by Crippen LogP contribution is -2.41. The minimum Gasteiger partial charge on any atom is -0.329 e. The van der Waals surface area contributed by atoms with E-state index in [1.807, 2.05) is 13.8 Å². The predicted octanol–water partition coefficient (Wildman–Crippen LogP) is 7.52. The number of rotatable bonds is 9. The summed E-state index contributed by atoms with van der Waals surface area (Å²) < 4.78 is 0. The Labute approximate surface area is 185 Å². The molecule has 176 valence electrons. The molecule has 7 unspecified atom stereocenters. The Morgan fingerprint density at radius 1 is 0.966 bits per heavy atom. The van der Waals surface area contributed by atoms with Crippen LogP contribution in [0.1, 0.15) is 114 Å². The molecule has 1 rings (SSSR count). The number of nitrogens with two attached hydrogens (primary N) is 1. The van der Waals surface area contributed by atoms with E-state index >= 15 is 0 Å². The molecule has 1 saturated carbocycles. The van der Waals surface area contributed by atoms with Crippen molar-refractivity contribution in [3.8, 4) is 0 Å². The standard InChI is InChI=1S/C25H52N2.C2H6/c1-8-10-24-22(5)13-12-20(3)19(2)11-9-15-25(24,7)23(6)21(4)14-17-27-18-16-26;1-2/h19-24,27H,8-18,26H2,1-7H3;1-2H3. The van der Waals surface area contributed by atoms with E-state index in [9.17, 15) is 0 Å². The molecule has 3 N–H and O–H groups in total. The summed E-state index contributed by atoms with van der Waals surface area (Å²) in [7, 11) is 0. The molecule has 0 aromatic rings. The summed E-state index contributed by atoms with van der Waals surface area (Å²) in [6.45, 7) is 24.5. The Kier molecular flexibility index (Phi) is 15.6.